The third kappa shape index (κ3) is 4.70. The van der Waals surface area contributed by atoms with Crippen LogP contribution in [0.5, 0.6) is 0 Å². The Balaban J connectivity index is 1.47. The van der Waals surface area contributed by atoms with E-state index in [1.165, 1.54) is 17.8 Å². The van der Waals surface area contributed by atoms with E-state index in [0.717, 1.165) is 36.5 Å². The first-order valence-corrected chi connectivity index (χ1v) is 11.3. The Bertz CT molecular complexity index is 965. The number of aromatic nitrogens is 4. The van der Waals surface area contributed by atoms with Crippen molar-refractivity contribution in [1.29, 1.82) is 0 Å². The molecule has 0 saturated carbocycles. The number of nitrogens with one attached hydrogen (secondary N) is 1. The van der Waals surface area contributed by atoms with Crippen molar-refractivity contribution in [2.45, 2.75) is 25.8 Å². The zero-order valence-electron chi connectivity index (χ0n) is 16.5. The molecule has 0 bridgehead atoms. The summed E-state index contributed by atoms with van der Waals surface area (Å²) in [6, 6.07) is 3.97. The molecule has 3 aromatic rings. The highest BCUT2D eigenvalue weighted by atomic mass is 32.1. The quantitative estimate of drug-likeness (QED) is 0.644. The highest BCUT2D eigenvalue weighted by Crippen LogP contribution is 2.26. The van der Waals surface area contributed by atoms with E-state index in [-0.39, 0.29) is 12.5 Å². The van der Waals surface area contributed by atoms with E-state index in [0.29, 0.717) is 22.7 Å². The molecule has 1 aliphatic rings. The number of rotatable bonds is 6. The molecule has 8 nitrogen and oxygen atoms in total. The summed E-state index contributed by atoms with van der Waals surface area (Å²) in [7, 11) is 3.80. The molecule has 1 saturated heterocycles. The molecular formula is C19H23N7OS2. The van der Waals surface area contributed by atoms with Crippen molar-refractivity contribution in [3.05, 3.63) is 33.7 Å². The fraction of sp³-hybridized carbons (Fsp3) is 0.421. The summed E-state index contributed by atoms with van der Waals surface area (Å²) in [6.07, 6.45) is 3.53. The average molecular weight is 430 g/mol. The molecule has 1 amide bonds. The maximum absolute atomic E-state index is 12.6. The lowest BCUT2D eigenvalue weighted by molar-refractivity contribution is 0.0949. The molecule has 1 N–H and O–H groups in total. The summed E-state index contributed by atoms with van der Waals surface area (Å²) >= 11 is 2.95. The van der Waals surface area contributed by atoms with Crippen LogP contribution in [0, 0.1) is 0 Å². The van der Waals surface area contributed by atoms with Crippen LogP contribution in [-0.2, 0) is 6.54 Å². The third-order valence-corrected chi connectivity index (χ3v) is 6.31. The molecule has 0 unspecified atom stereocenters. The SMILES string of the molecule is CN(C)c1nc(CNC(=O)c2nc(-c3cccs3)cs2)nc(N2CCCCC2)n1. The first-order chi connectivity index (χ1) is 14.1. The lowest BCUT2D eigenvalue weighted by Crippen LogP contribution is -2.32. The highest BCUT2D eigenvalue weighted by Gasteiger charge is 2.18. The van der Waals surface area contributed by atoms with Gasteiger partial charge in [-0.15, -0.1) is 22.7 Å². The minimum Gasteiger partial charge on any atom is -0.347 e. The zero-order chi connectivity index (χ0) is 20.2. The van der Waals surface area contributed by atoms with Gasteiger partial charge in [0, 0.05) is 32.6 Å². The van der Waals surface area contributed by atoms with Crippen molar-refractivity contribution >= 4 is 40.5 Å². The largest absolute Gasteiger partial charge is 0.347 e. The Morgan fingerprint density at radius 2 is 1.97 bits per heavy atom. The van der Waals surface area contributed by atoms with Crippen LogP contribution < -0.4 is 15.1 Å². The van der Waals surface area contributed by atoms with Crippen molar-refractivity contribution < 1.29 is 4.79 Å². The van der Waals surface area contributed by atoms with Crippen molar-refractivity contribution in [1.82, 2.24) is 25.3 Å². The maximum Gasteiger partial charge on any atom is 0.280 e. The predicted molar refractivity (Wildman–Crippen MR) is 117 cm³/mol. The molecule has 4 heterocycles. The van der Waals surface area contributed by atoms with E-state index in [1.807, 2.05) is 41.9 Å². The van der Waals surface area contributed by atoms with E-state index < -0.39 is 0 Å². The fourth-order valence-electron chi connectivity index (χ4n) is 3.06. The third-order valence-electron chi connectivity index (χ3n) is 4.58. The van der Waals surface area contributed by atoms with E-state index >= 15 is 0 Å². The number of carbonyl (C=O) groups is 1. The van der Waals surface area contributed by atoms with E-state index in [9.17, 15) is 4.79 Å². The molecule has 1 aliphatic heterocycles. The van der Waals surface area contributed by atoms with Crippen LogP contribution in [0.3, 0.4) is 0 Å². The Labute approximate surface area is 177 Å². The summed E-state index contributed by atoms with van der Waals surface area (Å²) in [5.74, 6) is 1.61. The van der Waals surface area contributed by atoms with Crippen molar-refractivity contribution in [2.75, 3.05) is 37.0 Å². The summed E-state index contributed by atoms with van der Waals surface area (Å²) in [5.41, 5.74) is 0.831. The van der Waals surface area contributed by atoms with Crippen LogP contribution in [-0.4, -0.2) is 53.0 Å². The van der Waals surface area contributed by atoms with Gasteiger partial charge < -0.3 is 15.1 Å². The van der Waals surface area contributed by atoms with E-state index in [4.69, 9.17) is 0 Å². The smallest absolute Gasteiger partial charge is 0.280 e. The standard InChI is InChI=1S/C19H23N7OS2/c1-25(2)18-22-15(23-19(24-18)26-8-4-3-5-9-26)11-20-16(27)17-21-13(12-29-17)14-7-6-10-28-14/h6-7,10,12H,3-5,8-9,11H2,1-2H3,(H,20,27). The van der Waals surface area contributed by atoms with Gasteiger partial charge in [0.1, 0.15) is 0 Å². The van der Waals surface area contributed by atoms with Gasteiger partial charge in [0.25, 0.3) is 5.91 Å². The number of hydrogen-bond donors (Lipinski definition) is 1. The van der Waals surface area contributed by atoms with Gasteiger partial charge in [0.15, 0.2) is 10.8 Å². The second-order valence-electron chi connectivity index (χ2n) is 6.99. The monoisotopic (exact) mass is 429 g/mol. The first-order valence-electron chi connectivity index (χ1n) is 9.55. The first kappa shape index (κ1) is 19.7. The average Bonchev–Trinajstić information content (AvgIpc) is 3.44. The number of piperidine rings is 1. The van der Waals surface area contributed by atoms with Crippen LogP contribution in [0.2, 0.25) is 0 Å². The van der Waals surface area contributed by atoms with Crippen LogP contribution in [0.4, 0.5) is 11.9 Å². The van der Waals surface area contributed by atoms with Gasteiger partial charge in [-0.1, -0.05) is 6.07 Å². The van der Waals surface area contributed by atoms with Crippen LogP contribution in [0.1, 0.15) is 34.9 Å². The van der Waals surface area contributed by atoms with Crippen molar-refractivity contribution in [3.63, 3.8) is 0 Å². The van der Waals surface area contributed by atoms with Gasteiger partial charge in [-0.25, -0.2) is 4.98 Å². The molecule has 29 heavy (non-hydrogen) atoms. The van der Waals surface area contributed by atoms with Crippen LogP contribution in [0.15, 0.2) is 22.9 Å². The second kappa shape index (κ2) is 8.83. The lowest BCUT2D eigenvalue weighted by atomic mass is 10.1. The van der Waals surface area contributed by atoms with Gasteiger partial charge in [0.05, 0.1) is 17.1 Å². The number of anilines is 2. The van der Waals surface area contributed by atoms with Crippen LogP contribution >= 0.6 is 22.7 Å². The molecule has 1 fully saturated rings. The number of carbonyl (C=O) groups excluding carboxylic acids is 1. The Kier molecular flexibility index (Phi) is 6.00. The topological polar surface area (TPSA) is 87.1 Å². The summed E-state index contributed by atoms with van der Waals surface area (Å²) in [4.78, 5) is 35.8. The fourth-order valence-corrected chi connectivity index (χ4v) is 4.55. The van der Waals surface area contributed by atoms with Crippen molar-refractivity contribution in [2.24, 2.45) is 0 Å². The summed E-state index contributed by atoms with van der Waals surface area (Å²) in [6.45, 7) is 2.14. The molecule has 152 valence electrons. The van der Waals surface area contributed by atoms with E-state index in [1.54, 1.807) is 11.3 Å². The molecular weight excluding hydrogens is 406 g/mol. The minimum atomic E-state index is -0.218. The summed E-state index contributed by atoms with van der Waals surface area (Å²) in [5, 5.41) is 7.23. The molecule has 0 aliphatic carbocycles. The van der Waals surface area contributed by atoms with Gasteiger partial charge >= 0.3 is 0 Å². The van der Waals surface area contributed by atoms with Gasteiger partial charge in [-0.2, -0.15) is 15.0 Å². The van der Waals surface area contributed by atoms with Gasteiger partial charge in [-0.3, -0.25) is 4.79 Å². The zero-order valence-corrected chi connectivity index (χ0v) is 18.1. The molecule has 4 rings (SSSR count). The van der Waals surface area contributed by atoms with E-state index in [2.05, 4.69) is 30.2 Å². The molecule has 10 heteroatoms. The maximum atomic E-state index is 12.6. The number of amides is 1. The van der Waals surface area contributed by atoms with Gasteiger partial charge in [-0.05, 0) is 30.7 Å². The molecule has 0 spiro atoms. The predicted octanol–water partition coefficient (Wildman–Crippen LogP) is 3.04. The van der Waals surface area contributed by atoms with Crippen LogP contribution in [0.25, 0.3) is 10.6 Å². The number of thiophene rings is 1. The summed E-state index contributed by atoms with van der Waals surface area (Å²) < 4.78 is 0. The van der Waals surface area contributed by atoms with Crippen molar-refractivity contribution in [3.8, 4) is 10.6 Å². The Hall–Kier alpha value is -2.59. The number of hydrogen-bond acceptors (Lipinski definition) is 9. The number of thiazole rings is 1. The molecule has 0 atom stereocenters. The normalized spacial score (nSPS) is 14.1. The second-order valence-corrected chi connectivity index (χ2v) is 8.80. The lowest BCUT2D eigenvalue weighted by Gasteiger charge is -2.27. The molecule has 0 aromatic carbocycles. The molecule has 0 radical (unpaired) electrons. The number of nitrogens with zero attached hydrogens (tertiary/aromatic N) is 6. The minimum absolute atomic E-state index is 0.218. The Morgan fingerprint density at radius 3 is 2.69 bits per heavy atom. The Morgan fingerprint density at radius 1 is 1.14 bits per heavy atom. The highest BCUT2D eigenvalue weighted by molar-refractivity contribution is 7.15. The molecule has 3 aromatic heterocycles. The van der Waals surface area contributed by atoms with Gasteiger partial charge in [0.2, 0.25) is 11.9 Å².